The number of sulfone groups is 1. The standard InChI is InChI=1S/C26H25F3N4O4S/c1-25(16-17-15-22(32-13-5-2-6-14-32)30-21-8-4-3-7-20(17)21)23(34)33(24(35)31-25)18-9-11-19(12-10-18)38(36,37)26(27,28)29/h3-4,7-12,15H,2,5-6,13-14,16H2,1H3,(H,31,35). The summed E-state index contributed by atoms with van der Waals surface area (Å²) in [6.07, 6.45) is 3.44. The summed E-state index contributed by atoms with van der Waals surface area (Å²) >= 11 is 0. The molecule has 2 fully saturated rings. The van der Waals surface area contributed by atoms with Gasteiger partial charge in [-0.25, -0.2) is 23.1 Å². The molecule has 3 aromatic rings. The van der Waals surface area contributed by atoms with Crippen molar-refractivity contribution in [2.24, 2.45) is 0 Å². The van der Waals surface area contributed by atoms with Crippen molar-refractivity contribution in [3.05, 3.63) is 60.2 Å². The second kappa shape index (κ2) is 9.26. The summed E-state index contributed by atoms with van der Waals surface area (Å²) < 4.78 is 62.0. The molecule has 1 unspecified atom stereocenters. The van der Waals surface area contributed by atoms with Crippen molar-refractivity contribution < 1.29 is 31.2 Å². The lowest BCUT2D eigenvalue weighted by atomic mass is 9.90. The zero-order valence-corrected chi connectivity index (χ0v) is 21.3. The molecule has 1 N–H and O–H groups in total. The number of benzene rings is 2. The molecule has 8 nitrogen and oxygen atoms in total. The number of para-hydroxylation sites is 1. The number of carbonyl (C=O) groups is 2. The Bertz CT molecular complexity index is 1520. The third-order valence-electron chi connectivity index (χ3n) is 6.98. The smallest absolute Gasteiger partial charge is 0.357 e. The number of fused-ring (bicyclic) bond motifs is 1. The molecule has 3 heterocycles. The van der Waals surface area contributed by atoms with E-state index >= 15 is 0 Å². The van der Waals surface area contributed by atoms with Crippen LogP contribution in [-0.2, 0) is 21.1 Å². The molecule has 0 bridgehead atoms. The number of imide groups is 1. The molecule has 0 saturated carbocycles. The fraction of sp³-hybridized carbons (Fsp3) is 0.346. The summed E-state index contributed by atoms with van der Waals surface area (Å²) in [5, 5.41) is 3.56. The molecule has 2 aliphatic heterocycles. The maximum absolute atomic E-state index is 13.5. The molecule has 1 atom stereocenters. The third-order valence-corrected chi connectivity index (χ3v) is 8.49. The van der Waals surface area contributed by atoms with Crippen molar-refractivity contribution in [2.75, 3.05) is 22.9 Å². The van der Waals surface area contributed by atoms with Crippen LogP contribution in [0.3, 0.4) is 0 Å². The van der Waals surface area contributed by atoms with Gasteiger partial charge < -0.3 is 10.2 Å². The monoisotopic (exact) mass is 546 g/mol. The Hall–Kier alpha value is -3.67. The topological polar surface area (TPSA) is 99.7 Å². The molecule has 5 rings (SSSR count). The second-order valence-electron chi connectivity index (χ2n) is 9.73. The number of aromatic nitrogens is 1. The van der Waals surface area contributed by atoms with E-state index in [1.807, 2.05) is 30.3 Å². The predicted octanol–water partition coefficient (Wildman–Crippen LogP) is 4.58. The van der Waals surface area contributed by atoms with Crippen molar-refractivity contribution in [3.8, 4) is 0 Å². The Morgan fingerprint density at radius 1 is 1.00 bits per heavy atom. The van der Waals surface area contributed by atoms with Gasteiger partial charge in [0.2, 0.25) is 0 Å². The fourth-order valence-corrected chi connectivity index (χ4v) is 5.75. The Balaban J connectivity index is 1.46. The Morgan fingerprint density at radius 3 is 2.32 bits per heavy atom. The Labute approximate surface area is 217 Å². The van der Waals surface area contributed by atoms with Crippen molar-refractivity contribution in [3.63, 3.8) is 0 Å². The molecule has 1 aromatic heterocycles. The van der Waals surface area contributed by atoms with Crippen LogP contribution in [0, 0.1) is 0 Å². The summed E-state index contributed by atoms with van der Waals surface area (Å²) in [7, 11) is -5.56. The van der Waals surface area contributed by atoms with Crippen LogP contribution in [-0.4, -0.2) is 49.5 Å². The highest BCUT2D eigenvalue weighted by Crippen LogP contribution is 2.34. The lowest BCUT2D eigenvalue weighted by molar-refractivity contribution is -0.121. The molecule has 0 radical (unpaired) electrons. The van der Waals surface area contributed by atoms with Crippen molar-refractivity contribution in [2.45, 2.75) is 48.5 Å². The molecule has 2 aliphatic rings. The summed E-state index contributed by atoms with van der Waals surface area (Å²) in [6.45, 7) is 3.35. The second-order valence-corrected chi connectivity index (χ2v) is 11.7. The average molecular weight is 547 g/mol. The molecule has 200 valence electrons. The molecule has 3 amide bonds. The highest BCUT2D eigenvalue weighted by molar-refractivity contribution is 7.92. The lowest BCUT2D eigenvalue weighted by Gasteiger charge is -2.29. The van der Waals surface area contributed by atoms with Crippen LogP contribution in [0.25, 0.3) is 10.9 Å². The minimum absolute atomic E-state index is 0.0362. The van der Waals surface area contributed by atoms with E-state index in [9.17, 15) is 31.2 Å². The van der Waals surface area contributed by atoms with Gasteiger partial charge in [0, 0.05) is 24.9 Å². The summed E-state index contributed by atoms with van der Waals surface area (Å²) in [4.78, 5) is 33.3. The number of anilines is 2. The van der Waals surface area contributed by atoms with E-state index in [1.165, 1.54) is 0 Å². The number of hydrogen-bond acceptors (Lipinski definition) is 6. The quantitative estimate of drug-likeness (QED) is 0.471. The van der Waals surface area contributed by atoms with Crippen LogP contribution in [0.4, 0.5) is 29.5 Å². The molecular weight excluding hydrogens is 521 g/mol. The van der Waals surface area contributed by atoms with Crippen LogP contribution >= 0.6 is 0 Å². The van der Waals surface area contributed by atoms with Crippen molar-refractivity contribution >= 4 is 44.2 Å². The molecular formula is C26H25F3N4O4S. The van der Waals surface area contributed by atoms with Gasteiger partial charge in [-0.3, -0.25) is 4.79 Å². The Morgan fingerprint density at radius 2 is 1.66 bits per heavy atom. The van der Waals surface area contributed by atoms with E-state index in [1.54, 1.807) is 6.92 Å². The number of carbonyl (C=O) groups excluding carboxylic acids is 2. The van der Waals surface area contributed by atoms with E-state index in [0.29, 0.717) is 0 Å². The van der Waals surface area contributed by atoms with E-state index < -0.39 is 37.7 Å². The number of alkyl halides is 3. The van der Waals surface area contributed by atoms with Gasteiger partial charge in [0.1, 0.15) is 11.4 Å². The first-order valence-corrected chi connectivity index (χ1v) is 13.6. The first kappa shape index (κ1) is 26.0. The number of hydrogen-bond donors (Lipinski definition) is 1. The number of piperidine rings is 1. The molecule has 12 heteroatoms. The van der Waals surface area contributed by atoms with Gasteiger partial charge in [-0.15, -0.1) is 0 Å². The van der Waals surface area contributed by atoms with E-state index in [-0.39, 0.29) is 12.1 Å². The van der Waals surface area contributed by atoms with E-state index in [4.69, 9.17) is 4.98 Å². The van der Waals surface area contributed by atoms with Crippen molar-refractivity contribution in [1.29, 1.82) is 0 Å². The predicted molar refractivity (Wildman–Crippen MR) is 136 cm³/mol. The zero-order valence-electron chi connectivity index (χ0n) is 20.5. The molecule has 2 aromatic carbocycles. The Kier molecular flexibility index (Phi) is 6.33. The number of urea groups is 1. The van der Waals surface area contributed by atoms with Crippen LogP contribution in [0.15, 0.2) is 59.5 Å². The molecule has 0 spiro atoms. The SMILES string of the molecule is CC1(Cc2cc(N3CCCCC3)nc3ccccc23)NC(=O)N(c2ccc(S(=O)(=O)C(F)(F)F)cc2)C1=O. The summed E-state index contributed by atoms with van der Waals surface area (Å²) in [5.41, 5.74) is -5.26. The van der Waals surface area contributed by atoms with Crippen LogP contribution in [0.2, 0.25) is 0 Å². The molecule has 2 saturated heterocycles. The van der Waals surface area contributed by atoms with Crippen LogP contribution < -0.4 is 15.1 Å². The largest absolute Gasteiger partial charge is 0.501 e. The minimum atomic E-state index is -5.56. The van der Waals surface area contributed by atoms with Crippen LogP contribution in [0.5, 0.6) is 0 Å². The number of amides is 3. The van der Waals surface area contributed by atoms with Gasteiger partial charge in [0.15, 0.2) is 0 Å². The first-order valence-electron chi connectivity index (χ1n) is 12.1. The van der Waals surface area contributed by atoms with E-state index in [0.717, 1.165) is 83.8 Å². The van der Waals surface area contributed by atoms with Crippen molar-refractivity contribution in [1.82, 2.24) is 10.3 Å². The van der Waals surface area contributed by atoms with Crippen LogP contribution in [0.1, 0.15) is 31.7 Å². The third kappa shape index (κ3) is 4.46. The van der Waals surface area contributed by atoms with Gasteiger partial charge in [-0.1, -0.05) is 18.2 Å². The first-order chi connectivity index (χ1) is 17.9. The molecule has 0 aliphatic carbocycles. The highest BCUT2D eigenvalue weighted by atomic mass is 32.2. The number of rotatable bonds is 5. The van der Waals surface area contributed by atoms with Gasteiger partial charge in [-0.05, 0) is 68.1 Å². The van der Waals surface area contributed by atoms with E-state index in [2.05, 4.69) is 10.2 Å². The molecule has 38 heavy (non-hydrogen) atoms. The summed E-state index contributed by atoms with van der Waals surface area (Å²) in [5.74, 6) is 0.200. The zero-order chi connectivity index (χ0) is 27.3. The number of nitrogens with one attached hydrogen (secondary N) is 1. The maximum Gasteiger partial charge on any atom is 0.501 e. The normalized spacial score (nSPS) is 20.7. The van der Waals surface area contributed by atoms with Gasteiger partial charge >= 0.3 is 11.5 Å². The lowest BCUT2D eigenvalue weighted by Crippen LogP contribution is -2.46. The minimum Gasteiger partial charge on any atom is -0.357 e. The van der Waals surface area contributed by atoms with Gasteiger partial charge in [0.25, 0.3) is 15.7 Å². The maximum atomic E-state index is 13.5. The number of nitrogens with zero attached hydrogens (tertiary/aromatic N) is 3. The number of halogens is 3. The van der Waals surface area contributed by atoms with Gasteiger partial charge in [0.05, 0.1) is 16.1 Å². The van der Waals surface area contributed by atoms with Gasteiger partial charge in [-0.2, -0.15) is 13.2 Å². The summed E-state index contributed by atoms with van der Waals surface area (Å²) in [6, 6.07) is 12.2. The highest BCUT2D eigenvalue weighted by Gasteiger charge is 2.49. The fourth-order valence-electron chi connectivity index (χ4n) is 4.99. The average Bonchev–Trinajstić information content (AvgIpc) is 3.11. The number of pyridine rings is 1.